The van der Waals surface area contributed by atoms with E-state index in [-0.39, 0.29) is 0 Å². The quantitative estimate of drug-likeness (QED) is 0.878. The van der Waals surface area contributed by atoms with E-state index in [0.29, 0.717) is 6.61 Å². The van der Waals surface area contributed by atoms with Gasteiger partial charge in [-0.15, -0.1) is 11.3 Å². The molecule has 1 aliphatic carbocycles. The highest BCUT2D eigenvalue weighted by molar-refractivity contribution is 7.15. The van der Waals surface area contributed by atoms with Crippen LogP contribution in [0.1, 0.15) is 30.3 Å². The molecule has 4 heteroatoms. The molecule has 0 atom stereocenters. The first-order valence-corrected chi connectivity index (χ1v) is 8.01. The predicted octanol–water partition coefficient (Wildman–Crippen LogP) is 3.77. The number of hydrogen-bond donors (Lipinski definition) is 1. The molecule has 1 saturated carbocycles. The second-order valence-corrected chi connectivity index (χ2v) is 6.22. The highest BCUT2D eigenvalue weighted by atomic mass is 32.1. The van der Waals surface area contributed by atoms with Crippen molar-refractivity contribution in [1.29, 1.82) is 0 Å². The van der Waals surface area contributed by atoms with E-state index in [1.807, 2.05) is 19.1 Å². The van der Waals surface area contributed by atoms with Crippen molar-refractivity contribution in [3.63, 3.8) is 0 Å². The lowest BCUT2D eigenvalue weighted by Gasteiger charge is -2.02. The number of benzene rings is 1. The highest BCUT2D eigenvalue weighted by Gasteiger charge is 2.21. The third kappa shape index (κ3) is 3.19. The summed E-state index contributed by atoms with van der Waals surface area (Å²) in [4.78, 5) is 6.04. The van der Waals surface area contributed by atoms with Gasteiger partial charge in [0.2, 0.25) is 0 Å². The molecule has 20 heavy (non-hydrogen) atoms. The Hall–Kier alpha value is -1.39. The summed E-state index contributed by atoms with van der Waals surface area (Å²) in [6.07, 6.45) is 2.65. The molecule has 0 bridgehead atoms. The molecule has 2 aromatic rings. The molecular formula is C16H20N2OS. The van der Waals surface area contributed by atoms with Crippen molar-refractivity contribution in [2.24, 2.45) is 0 Å². The number of rotatable bonds is 6. The van der Waals surface area contributed by atoms with Crippen LogP contribution in [0.25, 0.3) is 10.6 Å². The fraction of sp³-hybridized carbons (Fsp3) is 0.438. The first-order valence-electron chi connectivity index (χ1n) is 7.19. The SMILES string of the molecule is CCOc1ccc(-c2nc(C)c(CNC3CC3)s2)cc1. The minimum Gasteiger partial charge on any atom is -0.494 e. The minimum absolute atomic E-state index is 0.701. The zero-order valence-electron chi connectivity index (χ0n) is 12.0. The van der Waals surface area contributed by atoms with Gasteiger partial charge in [-0.05, 0) is 51.0 Å². The van der Waals surface area contributed by atoms with Crippen LogP contribution in [0.3, 0.4) is 0 Å². The monoisotopic (exact) mass is 288 g/mol. The molecule has 1 aromatic heterocycles. The molecule has 1 heterocycles. The van der Waals surface area contributed by atoms with Crippen molar-refractivity contribution >= 4 is 11.3 Å². The Morgan fingerprint density at radius 3 is 2.70 bits per heavy atom. The second kappa shape index (κ2) is 5.94. The molecule has 3 rings (SSSR count). The number of hydrogen-bond acceptors (Lipinski definition) is 4. The van der Waals surface area contributed by atoms with Crippen molar-refractivity contribution in [3.8, 4) is 16.3 Å². The van der Waals surface area contributed by atoms with Crippen LogP contribution >= 0.6 is 11.3 Å². The Bertz CT molecular complexity index is 573. The van der Waals surface area contributed by atoms with E-state index in [1.54, 1.807) is 11.3 Å². The Labute approximate surface area is 124 Å². The average molecular weight is 288 g/mol. The molecule has 0 aliphatic heterocycles. The van der Waals surface area contributed by atoms with Crippen LogP contribution in [0.4, 0.5) is 0 Å². The van der Waals surface area contributed by atoms with Crippen LogP contribution in [0.5, 0.6) is 5.75 Å². The molecule has 1 fully saturated rings. The van der Waals surface area contributed by atoms with E-state index in [2.05, 4.69) is 24.4 Å². The Morgan fingerprint density at radius 2 is 2.05 bits per heavy atom. The van der Waals surface area contributed by atoms with E-state index in [9.17, 15) is 0 Å². The normalized spacial score (nSPS) is 14.5. The van der Waals surface area contributed by atoms with Gasteiger partial charge in [-0.25, -0.2) is 4.98 Å². The third-order valence-corrected chi connectivity index (χ3v) is 4.64. The molecule has 1 N–H and O–H groups in total. The van der Waals surface area contributed by atoms with Gasteiger partial charge in [0.05, 0.1) is 12.3 Å². The molecule has 3 nitrogen and oxygen atoms in total. The van der Waals surface area contributed by atoms with Gasteiger partial charge in [0.15, 0.2) is 0 Å². The smallest absolute Gasteiger partial charge is 0.123 e. The number of thiazole rings is 1. The predicted molar refractivity (Wildman–Crippen MR) is 83.3 cm³/mol. The van der Waals surface area contributed by atoms with Crippen LogP contribution in [0.15, 0.2) is 24.3 Å². The summed E-state index contributed by atoms with van der Waals surface area (Å²) >= 11 is 1.79. The van der Waals surface area contributed by atoms with Gasteiger partial charge in [-0.1, -0.05) is 0 Å². The van der Waals surface area contributed by atoms with Crippen molar-refractivity contribution in [1.82, 2.24) is 10.3 Å². The van der Waals surface area contributed by atoms with E-state index in [1.165, 1.54) is 23.3 Å². The minimum atomic E-state index is 0.701. The standard InChI is InChI=1S/C16H20N2OS/c1-3-19-14-8-4-12(5-9-14)16-18-11(2)15(20-16)10-17-13-6-7-13/h4-5,8-9,13,17H,3,6-7,10H2,1-2H3. The molecule has 0 amide bonds. The summed E-state index contributed by atoms with van der Waals surface area (Å²) < 4.78 is 5.47. The van der Waals surface area contributed by atoms with Gasteiger partial charge < -0.3 is 10.1 Å². The van der Waals surface area contributed by atoms with E-state index in [4.69, 9.17) is 9.72 Å². The molecular weight excluding hydrogens is 268 g/mol. The molecule has 0 radical (unpaired) electrons. The molecule has 0 spiro atoms. The summed E-state index contributed by atoms with van der Waals surface area (Å²) in [5, 5.41) is 4.65. The molecule has 106 valence electrons. The summed E-state index contributed by atoms with van der Waals surface area (Å²) in [5.41, 5.74) is 2.31. The number of nitrogens with zero attached hydrogens (tertiary/aromatic N) is 1. The molecule has 1 aliphatic rings. The summed E-state index contributed by atoms with van der Waals surface area (Å²) in [7, 11) is 0. The molecule has 1 aromatic carbocycles. The summed E-state index contributed by atoms with van der Waals surface area (Å²) in [6, 6.07) is 8.93. The average Bonchev–Trinajstić information content (AvgIpc) is 3.21. The van der Waals surface area contributed by atoms with Gasteiger partial charge in [0, 0.05) is 23.0 Å². The lowest BCUT2D eigenvalue weighted by molar-refractivity contribution is 0.340. The van der Waals surface area contributed by atoms with Crippen LogP contribution in [-0.2, 0) is 6.54 Å². The second-order valence-electron chi connectivity index (χ2n) is 5.14. The van der Waals surface area contributed by atoms with Gasteiger partial charge in [0.1, 0.15) is 10.8 Å². The topological polar surface area (TPSA) is 34.1 Å². The first-order chi connectivity index (χ1) is 9.76. The van der Waals surface area contributed by atoms with Gasteiger partial charge in [-0.2, -0.15) is 0 Å². The third-order valence-electron chi connectivity index (χ3n) is 3.43. The Kier molecular flexibility index (Phi) is 4.03. The van der Waals surface area contributed by atoms with E-state index >= 15 is 0 Å². The fourth-order valence-electron chi connectivity index (χ4n) is 2.10. The number of aromatic nitrogens is 1. The van der Waals surface area contributed by atoms with Crippen LogP contribution in [-0.4, -0.2) is 17.6 Å². The van der Waals surface area contributed by atoms with Crippen LogP contribution < -0.4 is 10.1 Å². The van der Waals surface area contributed by atoms with Crippen LogP contribution in [0.2, 0.25) is 0 Å². The van der Waals surface area contributed by atoms with Gasteiger partial charge in [0.25, 0.3) is 0 Å². The van der Waals surface area contributed by atoms with E-state index in [0.717, 1.165) is 29.0 Å². The zero-order valence-corrected chi connectivity index (χ0v) is 12.8. The number of ether oxygens (including phenoxy) is 1. The Morgan fingerprint density at radius 1 is 1.30 bits per heavy atom. The van der Waals surface area contributed by atoms with Crippen molar-refractivity contribution in [2.75, 3.05) is 6.61 Å². The van der Waals surface area contributed by atoms with Crippen molar-refractivity contribution in [2.45, 2.75) is 39.3 Å². The highest BCUT2D eigenvalue weighted by Crippen LogP contribution is 2.30. The number of aryl methyl sites for hydroxylation is 1. The first kappa shape index (κ1) is 13.6. The molecule has 0 saturated heterocycles. The van der Waals surface area contributed by atoms with Crippen molar-refractivity contribution in [3.05, 3.63) is 34.8 Å². The summed E-state index contributed by atoms with van der Waals surface area (Å²) in [6.45, 7) is 5.74. The van der Waals surface area contributed by atoms with Crippen molar-refractivity contribution < 1.29 is 4.74 Å². The maximum Gasteiger partial charge on any atom is 0.123 e. The maximum absolute atomic E-state index is 5.47. The van der Waals surface area contributed by atoms with Crippen LogP contribution in [0, 0.1) is 6.92 Å². The zero-order chi connectivity index (χ0) is 13.9. The molecule has 0 unspecified atom stereocenters. The van der Waals surface area contributed by atoms with E-state index < -0.39 is 0 Å². The Balaban J connectivity index is 1.73. The van der Waals surface area contributed by atoms with Gasteiger partial charge >= 0.3 is 0 Å². The summed E-state index contributed by atoms with van der Waals surface area (Å²) in [5.74, 6) is 0.917. The maximum atomic E-state index is 5.47. The largest absolute Gasteiger partial charge is 0.494 e. The lowest BCUT2D eigenvalue weighted by Crippen LogP contribution is -2.14. The number of nitrogens with one attached hydrogen (secondary N) is 1. The lowest BCUT2D eigenvalue weighted by atomic mass is 10.2. The van der Waals surface area contributed by atoms with Gasteiger partial charge in [-0.3, -0.25) is 0 Å². The fourth-order valence-corrected chi connectivity index (χ4v) is 3.12.